The number of rotatable bonds is 4. The predicted octanol–water partition coefficient (Wildman–Crippen LogP) is 1.52. The largest absolute Gasteiger partial charge is 0.573 e. The number of carboxylic acids is 1. The number of aldehydes is 1. The lowest BCUT2D eigenvalue weighted by Gasteiger charge is -2.15. The summed E-state index contributed by atoms with van der Waals surface area (Å²) in [7, 11) is 0. The van der Waals surface area contributed by atoms with Crippen LogP contribution in [0.3, 0.4) is 0 Å². The van der Waals surface area contributed by atoms with E-state index >= 15 is 0 Å². The number of carbonyl (C=O) groups is 2. The van der Waals surface area contributed by atoms with Crippen LogP contribution in [0.15, 0.2) is 18.2 Å². The van der Waals surface area contributed by atoms with Gasteiger partial charge in [-0.3, -0.25) is 4.79 Å². The first kappa shape index (κ1) is 14.0. The normalized spacial score (nSPS) is 12.9. The number of aliphatic hydroxyl groups is 1. The Bertz CT molecular complexity index is 469. The molecule has 0 saturated heterocycles. The Morgan fingerprint density at radius 3 is 2.44 bits per heavy atom. The molecule has 1 atom stereocenters. The number of carboxylic acid groups (broad SMARTS) is 1. The molecule has 0 aliphatic carbocycles. The van der Waals surface area contributed by atoms with Crippen molar-refractivity contribution >= 4 is 12.3 Å². The van der Waals surface area contributed by atoms with Crippen molar-refractivity contribution in [1.82, 2.24) is 0 Å². The quantitative estimate of drug-likeness (QED) is 0.805. The van der Waals surface area contributed by atoms with Gasteiger partial charge in [-0.05, 0) is 6.07 Å². The molecule has 0 radical (unpaired) electrons. The first-order chi connectivity index (χ1) is 8.24. The SMILES string of the molecule is O=Cc1ccc(C(O)C(=O)O)c(OC(F)(F)F)c1. The Hall–Kier alpha value is -2.09. The summed E-state index contributed by atoms with van der Waals surface area (Å²) in [6.07, 6.45) is -6.97. The smallest absolute Gasteiger partial charge is 0.479 e. The predicted molar refractivity (Wildman–Crippen MR) is 51.1 cm³/mol. The molecule has 0 aliphatic heterocycles. The third kappa shape index (κ3) is 3.45. The van der Waals surface area contributed by atoms with Gasteiger partial charge in [0.25, 0.3) is 0 Å². The third-order valence-corrected chi connectivity index (χ3v) is 1.93. The Labute approximate surface area is 98.4 Å². The molecule has 18 heavy (non-hydrogen) atoms. The third-order valence-electron chi connectivity index (χ3n) is 1.93. The monoisotopic (exact) mass is 264 g/mol. The Kier molecular flexibility index (Phi) is 3.92. The lowest BCUT2D eigenvalue weighted by molar-refractivity contribution is -0.275. The molecule has 0 spiro atoms. The van der Waals surface area contributed by atoms with Crippen LogP contribution in [-0.4, -0.2) is 28.8 Å². The van der Waals surface area contributed by atoms with Crippen LogP contribution in [0.25, 0.3) is 0 Å². The molecule has 2 N–H and O–H groups in total. The maximum absolute atomic E-state index is 12.1. The molecule has 0 saturated carbocycles. The van der Waals surface area contributed by atoms with Gasteiger partial charge in [-0.1, -0.05) is 12.1 Å². The average Bonchev–Trinajstić information content (AvgIpc) is 2.25. The summed E-state index contributed by atoms with van der Waals surface area (Å²) < 4.78 is 39.8. The number of hydrogen-bond acceptors (Lipinski definition) is 4. The number of aliphatic hydroxyl groups excluding tert-OH is 1. The van der Waals surface area contributed by atoms with Crippen molar-refractivity contribution in [2.24, 2.45) is 0 Å². The van der Waals surface area contributed by atoms with Gasteiger partial charge in [-0.2, -0.15) is 0 Å². The molecular weight excluding hydrogens is 257 g/mol. The summed E-state index contributed by atoms with van der Waals surface area (Å²) >= 11 is 0. The minimum atomic E-state index is -5.06. The van der Waals surface area contributed by atoms with Gasteiger partial charge < -0.3 is 14.9 Å². The fraction of sp³-hybridized carbons (Fsp3) is 0.200. The standard InChI is InChI=1S/C10H7F3O5/c11-10(12,13)18-7-3-5(4-14)1-2-6(7)8(15)9(16)17/h1-4,8,15H,(H,16,17). The van der Waals surface area contributed by atoms with Crippen LogP contribution in [0.4, 0.5) is 13.2 Å². The fourth-order valence-electron chi connectivity index (χ4n) is 1.20. The van der Waals surface area contributed by atoms with Gasteiger partial charge in [-0.25, -0.2) is 4.79 Å². The van der Waals surface area contributed by atoms with E-state index in [2.05, 4.69) is 4.74 Å². The summed E-state index contributed by atoms with van der Waals surface area (Å²) in [6, 6.07) is 2.64. The van der Waals surface area contributed by atoms with Crippen LogP contribution in [0, 0.1) is 0 Å². The molecule has 0 amide bonds. The van der Waals surface area contributed by atoms with E-state index in [1.165, 1.54) is 0 Å². The lowest BCUT2D eigenvalue weighted by Crippen LogP contribution is -2.20. The molecule has 1 aromatic carbocycles. The second-order valence-corrected chi connectivity index (χ2v) is 3.20. The maximum Gasteiger partial charge on any atom is 0.573 e. The first-order valence-electron chi connectivity index (χ1n) is 4.50. The Balaban J connectivity index is 3.24. The van der Waals surface area contributed by atoms with E-state index in [-0.39, 0.29) is 11.8 Å². The second-order valence-electron chi connectivity index (χ2n) is 3.20. The number of aliphatic carboxylic acids is 1. The summed E-state index contributed by atoms with van der Waals surface area (Å²) in [5, 5.41) is 17.7. The van der Waals surface area contributed by atoms with E-state index in [0.717, 1.165) is 12.1 Å². The van der Waals surface area contributed by atoms with Crippen molar-refractivity contribution in [3.05, 3.63) is 29.3 Å². The lowest BCUT2D eigenvalue weighted by atomic mass is 10.1. The van der Waals surface area contributed by atoms with Gasteiger partial charge in [0.2, 0.25) is 0 Å². The molecule has 0 fully saturated rings. The van der Waals surface area contributed by atoms with E-state index in [9.17, 15) is 27.9 Å². The van der Waals surface area contributed by atoms with Gasteiger partial charge in [0.05, 0.1) is 0 Å². The highest BCUT2D eigenvalue weighted by molar-refractivity contribution is 5.79. The number of halogens is 3. The van der Waals surface area contributed by atoms with Crippen molar-refractivity contribution in [2.75, 3.05) is 0 Å². The van der Waals surface area contributed by atoms with Crippen LogP contribution in [-0.2, 0) is 4.79 Å². The van der Waals surface area contributed by atoms with Gasteiger partial charge in [-0.15, -0.1) is 13.2 Å². The number of carbonyl (C=O) groups excluding carboxylic acids is 1. The first-order valence-corrected chi connectivity index (χ1v) is 4.50. The van der Waals surface area contributed by atoms with Crippen molar-refractivity contribution in [3.8, 4) is 5.75 Å². The number of alkyl halides is 3. The molecule has 8 heteroatoms. The summed E-state index contributed by atoms with van der Waals surface area (Å²) in [4.78, 5) is 20.9. The fourth-order valence-corrected chi connectivity index (χ4v) is 1.20. The van der Waals surface area contributed by atoms with Crippen molar-refractivity contribution in [3.63, 3.8) is 0 Å². The molecule has 0 heterocycles. The van der Waals surface area contributed by atoms with Crippen molar-refractivity contribution in [1.29, 1.82) is 0 Å². The van der Waals surface area contributed by atoms with Gasteiger partial charge >= 0.3 is 12.3 Å². The van der Waals surface area contributed by atoms with Gasteiger partial charge in [0.15, 0.2) is 6.10 Å². The van der Waals surface area contributed by atoms with Gasteiger partial charge in [0.1, 0.15) is 12.0 Å². The molecule has 1 unspecified atom stereocenters. The van der Waals surface area contributed by atoms with Gasteiger partial charge in [0, 0.05) is 11.1 Å². The van der Waals surface area contributed by atoms with E-state index in [1.807, 2.05) is 0 Å². The zero-order chi connectivity index (χ0) is 13.9. The van der Waals surface area contributed by atoms with E-state index in [0.29, 0.717) is 6.07 Å². The molecule has 98 valence electrons. The minimum absolute atomic E-state index is 0.143. The highest BCUT2D eigenvalue weighted by atomic mass is 19.4. The topological polar surface area (TPSA) is 83.8 Å². The zero-order valence-corrected chi connectivity index (χ0v) is 8.64. The number of hydrogen-bond donors (Lipinski definition) is 2. The average molecular weight is 264 g/mol. The summed E-state index contributed by atoms with van der Waals surface area (Å²) in [5.74, 6) is -2.66. The van der Waals surface area contributed by atoms with E-state index < -0.39 is 29.7 Å². The Morgan fingerprint density at radius 2 is 2.00 bits per heavy atom. The van der Waals surface area contributed by atoms with E-state index in [1.54, 1.807) is 0 Å². The minimum Gasteiger partial charge on any atom is -0.479 e. The van der Waals surface area contributed by atoms with E-state index in [4.69, 9.17) is 5.11 Å². The van der Waals surface area contributed by atoms with Crippen LogP contribution >= 0.6 is 0 Å². The summed E-state index contributed by atoms with van der Waals surface area (Å²) in [5.41, 5.74) is -0.735. The Morgan fingerprint density at radius 1 is 1.39 bits per heavy atom. The number of benzene rings is 1. The van der Waals surface area contributed by atoms with Crippen molar-refractivity contribution in [2.45, 2.75) is 12.5 Å². The van der Waals surface area contributed by atoms with Crippen LogP contribution in [0.5, 0.6) is 5.75 Å². The van der Waals surface area contributed by atoms with Crippen LogP contribution < -0.4 is 4.74 Å². The number of ether oxygens (including phenoxy) is 1. The second kappa shape index (κ2) is 5.05. The molecule has 0 aromatic heterocycles. The summed E-state index contributed by atoms with van der Waals surface area (Å²) in [6.45, 7) is 0. The maximum atomic E-state index is 12.1. The molecular formula is C10H7F3O5. The van der Waals surface area contributed by atoms with Crippen LogP contribution in [0.1, 0.15) is 22.0 Å². The molecule has 1 rings (SSSR count). The molecule has 0 aliphatic rings. The highest BCUT2D eigenvalue weighted by Crippen LogP contribution is 2.31. The van der Waals surface area contributed by atoms with Crippen molar-refractivity contribution < 1.29 is 37.7 Å². The molecule has 1 aromatic rings. The highest BCUT2D eigenvalue weighted by Gasteiger charge is 2.34. The molecule has 0 bridgehead atoms. The molecule has 5 nitrogen and oxygen atoms in total. The van der Waals surface area contributed by atoms with Crippen LogP contribution in [0.2, 0.25) is 0 Å². The zero-order valence-electron chi connectivity index (χ0n) is 8.64.